The second-order valence-electron chi connectivity index (χ2n) is 2.20. The summed E-state index contributed by atoms with van der Waals surface area (Å²) in [6.07, 6.45) is 1.16. The van der Waals surface area contributed by atoms with Crippen LogP contribution in [0.5, 0.6) is 0 Å². The van der Waals surface area contributed by atoms with E-state index in [1.54, 1.807) is 6.92 Å². The highest BCUT2D eigenvalue weighted by Crippen LogP contribution is 1.98. The fourth-order valence-electron chi connectivity index (χ4n) is 0.726. The average molecular weight is 181 g/mol. The third kappa shape index (κ3) is 2.99. The molecule has 0 aliphatic rings. The van der Waals surface area contributed by atoms with Gasteiger partial charge in [0.1, 0.15) is 5.82 Å². The van der Waals surface area contributed by atoms with Gasteiger partial charge in [-0.2, -0.15) is 0 Å². The van der Waals surface area contributed by atoms with Crippen molar-refractivity contribution in [2.45, 2.75) is 6.92 Å². The third-order valence-electron chi connectivity index (χ3n) is 1.22. The molecule has 0 bridgehead atoms. The number of rotatable bonds is 1. The Kier molecular flexibility index (Phi) is 3.09. The lowest BCUT2D eigenvalue weighted by Gasteiger charge is -1.89. The third-order valence-corrected chi connectivity index (χ3v) is 1.22. The standard InChI is InChI=1S/C9H8FNO2/c1-2-13-9(12)4-3-8-5-7(10)6-11-8/h5-6,11H,2H2,1H3. The highest BCUT2D eigenvalue weighted by Gasteiger charge is 1.95. The first-order valence-electron chi connectivity index (χ1n) is 3.75. The van der Waals surface area contributed by atoms with Gasteiger partial charge < -0.3 is 9.72 Å². The van der Waals surface area contributed by atoms with Crippen molar-refractivity contribution in [2.75, 3.05) is 6.61 Å². The summed E-state index contributed by atoms with van der Waals surface area (Å²) < 4.78 is 16.9. The summed E-state index contributed by atoms with van der Waals surface area (Å²) in [6, 6.07) is 1.20. The highest BCUT2D eigenvalue weighted by molar-refractivity contribution is 5.88. The molecule has 0 amide bonds. The van der Waals surface area contributed by atoms with Gasteiger partial charge >= 0.3 is 5.97 Å². The quantitative estimate of drug-likeness (QED) is 0.520. The molecule has 1 heterocycles. The van der Waals surface area contributed by atoms with E-state index < -0.39 is 11.8 Å². The summed E-state index contributed by atoms with van der Waals surface area (Å²) in [5, 5.41) is 0. The van der Waals surface area contributed by atoms with E-state index in [0.29, 0.717) is 5.69 Å². The van der Waals surface area contributed by atoms with Gasteiger partial charge in [-0.3, -0.25) is 0 Å². The number of carbonyl (C=O) groups excluding carboxylic acids is 1. The van der Waals surface area contributed by atoms with Gasteiger partial charge in [0, 0.05) is 18.2 Å². The molecule has 1 aromatic heterocycles. The zero-order valence-corrected chi connectivity index (χ0v) is 7.06. The first kappa shape index (κ1) is 9.33. The van der Waals surface area contributed by atoms with Crippen LogP contribution in [0.1, 0.15) is 12.6 Å². The predicted molar refractivity (Wildman–Crippen MR) is 44.3 cm³/mol. The minimum atomic E-state index is -0.613. The lowest BCUT2D eigenvalue weighted by molar-refractivity contribution is -0.136. The maximum Gasteiger partial charge on any atom is 0.384 e. The van der Waals surface area contributed by atoms with Crippen LogP contribution in [-0.4, -0.2) is 17.6 Å². The van der Waals surface area contributed by atoms with Crippen molar-refractivity contribution in [3.63, 3.8) is 0 Å². The van der Waals surface area contributed by atoms with E-state index in [4.69, 9.17) is 0 Å². The molecule has 68 valence electrons. The SMILES string of the molecule is CCOC(=O)C#Cc1cc(F)c[nH]1. The van der Waals surface area contributed by atoms with Crippen molar-refractivity contribution >= 4 is 5.97 Å². The van der Waals surface area contributed by atoms with Crippen LogP contribution in [0, 0.1) is 17.7 Å². The number of esters is 1. The summed E-state index contributed by atoms with van der Waals surface area (Å²) in [5.74, 6) is 3.61. The van der Waals surface area contributed by atoms with Crippen LogP contribution in [0.3, 0.4) is 0 Å². The normalized spacial score (nSPS) is 8.77. The highest BCUT2D eigenvalue weighted by atomic mass is 19.1. The molecule has 1 aromatic rings. The maximum absolute atomic E-state index is 12.4. The van der Waals surface area contributed by atoms with Gasteiger partial charge in [-0.15, -0.1) is 0 Å². The largest absolute Gasteiger partial charge is 0.456 e. The van der Waals surface area contributed by atoms with Gasteiger partial charge in [0.2, 0.25) is 0 Å². The summed E-state index contributed by atoms with van der Waals surface area (Å²) in [5.41, 5.74) is 0.352. The molecule has 4 heteroatoms. The van der Waals surface area contributed by atoms with E-state index >= 15 is 0 Å². The number of carbonyl (C=O) groups is 1. The molecule has 0 unspecified atom stereocenters. The molecule has 0 saturated carbocycles. The van der Waals surface area contributed by atoms with Crippen LogP contribution in [-0.2, 0) is 9.53 Å². The Bertz CT molecular complexity index is 359. The number of halogens is 1. The molecule has 0 radical (unpaired) electrons. The molecule has 0 saturated heterocycles. The maximum atomic E-state index is 12.4. The van der Waals surface area contributed by atoms with Crippen molar-refractivity contribution in [1.29, 1.82) is 0 Å². The van der Waals surface area contributed by atoms with Gasteiger partial charge in [-0.25, -0.2) is 9.18 Å². The zero-order valence-electron chi connectivity index (χ0n) is 7.06. The average Bonchev–Trinajstić information content (AvgIpc) is 2.49. The fourth-order valence-corrected chi connectivity index (χ4v) is 0.726. The first-order valence-corrected chi connectivity index (χ1v) is 3.75. The van der Waals surface area contributed by atoms with E-state index in [2.05, 4.69) is 21.6 Å². The van der Waals surface area contributed by atoms with E-state index in [1.165, 1.54) is 6.07 Å². The second kappa shape index (κ2) is 4.31. The van der Waals surface area contributed by atoms with Crippen molar-refractivity contribution in [3.05, 3.63) is 23.8 Å². The Labute approximate surface area is 74.9 Å². The lowest BCUT2D eigenvalue weighted by atomic mass is 10.4. The predicted octanol–water partition coefficient (Wildman–Crippen LogP) is 1.07. The minimum Gasteiger partial charge on any atom is -0.456 e. The number of nitrogens with one attached hydrogen (secondary N) is 1. The van der Waals surface area contributed by atoms with Crippen molar-refractivity contribution < 1.29 is 13.9 Å². The molecule has 1 rings (SSSR count). The van der Waals surface area contributed by atoms with Crippen molar-refractivity contribution in [1.82, 2.24) is 4.98 Å². The topological polar surface area (TPSA) is 42.1 Å². The van der Waals surface area contributed by atoms with E-state index in [1.807, 2.05) is 0 Å². The van der Waals surface area contributed by atoms with Crippen LogP contribution < -0.4 is 0 Å². The molecule has 0 aliphatic heterocycles. The van der Waals surface area contributed by atoms with Crippen molar-refractivity contribution in [3.8, 4) is 11.8 Å². The summed E-state index contributed by atoms with van der Waals surface area (Å²) in [4.78, 5) is 13.3. The Morgan fingerprint density at radius 2 is 2.54 bits per heavy atom. The molecular weight excluding hydrogens is 173 g/mol. The van der Waals surface area contributed by atoms with E-state index in [0.717, 1.165) is 6.20 Å². The van der Waals surface area contributed by atoms with Crippen LogP contribution in [0.4, 0.5) is 4.39 Å². The molecule has 0 spiro atoms. The monoisotopic (exact) mass is 181 g/mol. The number of aromatic nitrogens is 1. The number of hydrogen-bond acceptors (Lipinski definition) is 2. The lowest BCUT2D eigenvalue weighted by Crippen LogP contribution is -1.99. The molecule has 1 N–H and O–H groups in total. The van der Waals surface area contributed by atoms with Crippen LogP contribution in [0.2, 0.25) is 0 Å². The summed E-state index contributed by atoms with van der Waals surface area (Å²) in [7, 11) is 0. The van der Waals surface area contributed by atoms with Crippen LogP contribution in [0.15, 0.2) is 12.3 Å². The Morgan fingerprint density at radius 3 is 3.08 bits per heavy atom. The smallest absolute Gasteiger partial charge is 0.384 e. The molecule has 0 atom stereocenters. The van der Waals surface area contributed by atoms with Gasteiger partial charge in [0.25, 0.3) is 0 Å². The van der Waals surface area contributed by atoms with Crippen molar-refractivity contribution in [2.24, 2.45) is 0 Å². The van der Waals surface area contributed by atoms with Crippen LogP contribution in [0.25, 0.3) is 0 Å². The first-order chi connectivity index (χ1) is 6.22. The zero-order chi connectivity index (χ0) is 9.68. The second-order valence-corrected chi connectivity index (χ2v) is 2.20. The molecule has 0 aliphatic carbocycles. The Morgan fingerprint density at radius 1 is 1.77 bits per heavy atom. The summed E-state index contributed by atoms with van der Waals surface area (Å²) in [6.45, 7) is 1.97. The fraction of sp³-hybridized carbons (Fsp3) is 0.222. The number of ether oxygens (including phenoxy) is 1. The van der Waals surface area contributed by atoms with Gasteiger partial charge in [-0.1, -0.05) is 0 Å². The molecule has 3 nitrogen and oxygen atoms in total. The molecular formula is C9H8FNO2. The Hall–Kier alpha value is -1.76. The Balaban J connectivity index is 2.62. The minimum absolute atomic E-state index is 0.284. The number of H-pyrrole nitrogens is 1. The summed E-state index contributed by atoms with van der Waals surface area (Å²) >= 11 is 0. The molecule has 0 fully saturated rings. The van der Waals surface area contributed by atoms with Gasteiger partial charge in [0.15, 0.2) is 0 Å². The van der Waals surface area contributed by atoms with Gasteiger partial charge in [0.05, 0.1) is 12.3 Å². The molecule has 0 aromatic carbocycles. The number of aromatic amines is 1. The van der Waals surface area contributed by atoms with E-state index in [-0.39, 0.29) is 6.61 Å². The number of hydrogen-bond donors (Lipinski definition) is 1. The van der Waals surface area contributed by atoms with Gasteiger partial charge in [-0.05, 0) is 12.8 Å². The van der Waals surface area contributed by atoms with E-state index in [9.17, 15) is 9.18 Å². The molecule has 13 heavy (non-hydrogen) atoms. The van der Waals surface area contributed by atoms with Crippen LogP contribution >= 0.6 is 0 Å².